The number of amides is 1. The minimum absolute atomic E-state index is 0.0562. The highest BCUT2D eigenvalue weighted by molar-refractivity contribution is 7.88. The van der Waals surface area contributed by atoms with Gasteiger partial charge in [-0.1, -0.05) is 49.6 Å². The number of hydrogen-bond acceptors (Lipinski definition) is 3. The van der Waals surface area contributed by atoms with Crippen LogP contribution in [0.2, 0.25) is 0 Å². The van der Waals surface area contributed by atoms with Crippen molar-refractivity contribution in [2.45, 2.75) is 51.1 Å². The summed E-state index contributed by atoms with van der Waals surface area (Å²) >= 11 is 0. The van der Waals surface area contributed by atoms with Crippen molar-refractivity contribution in [1.29, 1.82) is 0 Å². The SMILES string of the molecule is CS(=O)(=O)N(CCC(=O)NCc1ccccc1)C1CCCCC1. The van der Waals surface area contributed by atoms with Crippen LogP contribution in [-0.2, 0) is 21.4 Å². The van der Waals surface area contributed by atoms with E-state index in [1.54, 1.807) is 0 Å². The Kier molecular flexibility index (Phi) is 6.59. The normalized spacial score (nSPS) is 16.4. The van der Waals surface area contributed by atoms with Crippen molar-refractivity contribution in [3.05, 3.63) is 35.9 Å². The zero-order valence-corrected chi connectivity index (χ0v) is 14.5. The number of carbonyl (C=O) groups excluding carboxylic acids is 1. The lowest BCUT2D eigenvalue weighted by atomic mass is 9.95. The molecular weight excluding hydrogens is 312 g/mol. The van der Waals surface area contributed by atoms with Crippen LogP contribution in [0.1, 0.15) is 44.1 Å². The molecule has 0 saturated heterocycles. The third kappa shape index (κ3) is 5.95. The Morgan fingerprint density at radius 2 is 1.83 bits per heavy atom. The number of rotatable bonds is 7. The van der Waals surface area contributed by atoms with E-state index in [0.717, 1.165) is 31.2 Å². The van der Waals surface area contributed by atoms with E-state index in [9.17, 15) is 13.2 Å². The summed E-state index contributed by atoms with van der Waals surface area (Å²) in [6.07, 6.45) is 6.55. The van der Waals surface area contributed by atoms with Crippen molar-refractivity contribution in [1.82, 2.24) is 9.62 Å². The van der Waals surface area contributed by atoms with Crippen LogP contribution in [0.5, 0.6) is 0 Å². The summed E-state index contributed by atoms with van der Waals surface area (Å²) < 4.78 is 25.6. The topological polar surface area (TPSA) is 66.5 Å². The predicted molar refractivity (Wildman–Crippen MR) is 91.3 cm³/mol. The Hall–Kier alpha value is -1.40. The molecule has 0 atom stereocenters. The minimum Gasteiger partial charge on any atom is -0.352 e. The average Bonchev–Trinajstić information content (AvgIpc) is 2.54. The summed E-state index contributed by atoms with van der Waals surface area (Å²) in [6, 6.07) is 9.74. The molecule has 0 unspecified atom stereocenters. The quantitative estimate of drug-likeness (QED) is 0.829. The van der Waals surface area contributed by atoms with Crippen molar-refractivity contribution in [2.24, 2.45) is 0 Å². The number of hydrogen-bond donors (Lipinski definition) is 1. The van der Waals surface area contributed by atoms with E-state index in [4.69, 9.17) is 0 Å². The van der Waals surface area contributed by atoms with Gasteiger partial charge in [-0.3, -0.25) is 4.79 Å². The maximum atomic E-state index is 12.0. The molecular formula is C17H26N2O3S. The Balaban J connectivity index is 1.84. The summed E-state index contributed by atoms with van der Waals surface area (Å²) in [5.74, 6) is -0.113. The molecule has 1 aromatic rings. The lowest BCUT2D eigenvalue weighted by Gasteiger charge is -2.32. The maximum absolute atomic E-state index is 12.0. The molecule has 0 bridgehead atoms. The van der Waals surface area contributed by atoms with E-state index < -0.39 is 10.0 Å². The smallest absolute Gasteiger partial charge is 0.221 e. The molecule has 0 spiro atoms. The van der Waals surface area contributed by atoms with Gasteiger partial charge < -0.3 is 5.32 Å². The molecule has 0 aromatic heterocycles. The molecule has 1 aliphatic carbocycles. The van der Waals surface area contributed by atoms with Gasteiger partial charge in [-0.25, -0.2) is 8.42 Å². The second kappa shape index (κ2) is 8.45. The van der Waals surface area contributed by atoms with Crippen LogP contribution in [0.25, 0.3) is 0 Å². The first-order chi connectivity index (χ1) is 11.0. The Labute approximate surface area is 139 Å². The highest BCUT2D eigenvalue weighted by atomic mass is 32.2. The molecule has 1 aromatic carbocycles. The summed E-state index contributed by atoms with van der Waals surface area (Å²) in [4.78, 5) is 12.0. The van der Waals surface area contributed by atoms with Gasteiger partial charge >= 0.3 is 0 Å². The Morgan fingerprint density at radius 3 is 2.43 bits per heavy atom. The van der Waals surface area contributed by atoms with Crippen LogP contribution in [0.15, 0.2) is 30.3 Å². The van der Waals surface area contributed by atoms with Gasteiger partial charge in [-0.15, -0.1) is 0 Å². The standard InChI is InChI=1S/C17H26N2O3S/c1-23(21,22)19(16-10-6-3-7-11-16)13-12-17(20)18-14-15-8-4-2-5-9-15/h2,4-5,8-9,16H,3,6-7,10-14H2,1H3,(H,18,20). The second-order valence-electron chi connectivity index (χ2n) is 6.18. The highest BCUT2D eigenvalue weighted by Gasteiger charge is 2.28. The largest absolute Gasteiger partial charge is 0.352 e. The number of carbonyl (C=O) groups is 1. The van der Waals surface area contributed by atoms with E-state index >= 15 is 0 Å². The van der Waals surface area contributed by atoms with Gasteiger partial charge in [-0.2, -0.15) is 4.31 Å². The zero-order valence-electron chi connectivity index (χ0n) is 13.7. The number of nitrogens with zero attached hydrogens (tertiary/aromatic N) is 1. The van der Waals surface area contributed by atoms with Gasteiger partial charge in [0, 0.05) is 25.6 Å². The maximum Gasteiger partial charge on any atom is 0.221 e. The fourth-order valence-corrected chi connectivity index (χ4v) is 4.26. The molecule has 0 heterocycles. The highest BCUT2D eigenvalue weighted by Crippen LogP contribution is 2.24. The molecule has 128 valence electrons. The van der Waals surface area contributed by atoms with Gasteiger partial charge in [0.05, 0.1) is 6.26 Å². The van der Waals surface area contributed by atoms with E-state index in [1.165, 1.54) is 17.0 Å². The van der Waals surface area contributed by atoms with E-state index in [0.29, 0.717) is 6.54 Å². The number of nitrogens with one attached hydrogen (secondary N) is 1. The summed E-state index contributed by atoms with van der Waals surface area (Å²) in [5.41, 5.74) is 1.04. The van der Waals surface area contributed by atoms with Crippen molar-refractivity contribution >= 4 is 15.9 Å². The first-order valence-electron chi connectivity index (χ1n) is 8.24. The molecule has 0 radical (unpaired) electrons. The van der Waals surface area contributed by atoms with Crippen LogP contribution in [0, 0.1) is 0 Å². The van der Waals surface area contributed by atoms with Gasteiger partial charge in [0.1, 0.15) is 0 Å². The molecule has 1 N–H and O–H groups in total. The summed E-state index contributed by atoms with van der Waals surface area (Å²) in [7, 11) is -3.27. The lowest BCUT2D eigenvalue weighted by molar-refractivity contribution is -0.121. The molecule has 5 nitrogen and oxygen atoms in total. The molecule has 1 amide bonds. The van der Waals surface area contributed by atoms with Crippen molar-refractivity contribution in [3.63, 3.8) is 0 Å². The van der Waals surface area contributed by atoms with Crippen molar-refractivity contribution in [2.75, 3.05) is 12.8 Å². The number of benzene rings is 1. The van der Waals surface area contributed by atoms with Crippen LogP contribution < -0.4 is 5.32 Å². The van der Waals surface area contributed by atoms with Gasteiger partial charge in [0.2, 0.25) is 15.9 Å². The molecule has 23 heavy (non-hydrogen) atoms. The van der Waals surface area contributed by atoms with E-state index in [1.807, 2.05) is 30.3 Å². The van der Waals surface area contributed by atoms with Gasteiger partial charge in [-0.05, 0) is 18.4 Å². The first-order valence-corrected chi connectivity index (χ1v) is 10.1. The van der Waals surface area contributed by atoms with Gasteiger partial charge in [0.15, 0.2) is 0 Å². The summed E-state index contributed by atoms with van der Waals surface area (Å²) in [5, 5.41) is 2.85. The molecule has 6 heteroatoms. The third-order valence-electron chi connectivity index (χ3n) is 4.30. The van der Waals surface area contributed by atoms with Crippen LogP contribution >= 0.6 is 0 Å². The van der Waals surface area contributed by atoms with Crippen LogP contribution in [0.4, 0.5) is 0 Å². The average molecular weight is 338 g/mol. The molecule has 1 aliphatic rings. The minimum atomic E-state index is -3.27. The fraction of sp³-hybridized carbons (Fsp3) is 0.588. The van der Waals surface area contributed by atoms with Crippen LogP contribution in [0.3, 0.4) is 0 Å². The first kappa shape index (κ1) is 17.9. The Morgan fingerprint density at radius 1 is 1.17 bits per heavy atom. The van der Waals surface area contributed by atoms with Crippen LogP contribution in [-0.4, -0.2) is 37.5 Å². The zero-order chi connectivity index (χ0) is 16.7. The Bertz CT molecular complexity index is 596. The number of sulfonamides is 1. The monoisotopic (exact) mass is 338 g/mol. The predicted octanol–water partition coefficient (Wildman–Crippen LogP) is 2.29. The summed E-state index contributed by atoms with van der Waals surface area (Å²) in [6.45, 7) is 0.742. The van der Waals surface area contributed by atoms with E-state index in [-0.39, 0.29) is 24.9 Å². The molecule has 2 rings (SSSR count). The fourth-order valence-electron chi connectivity index (χ4n) is 3.08. The lowest BCUT2D eigenvalue weighted by Crippen LogP contribution is -2.42. The van der Waals surface area contributed by atoms with Crippen molar-refractivity contribution < 1.29 is 13.2 Å². The molecule has 1 saturated carbocycles. The molecule has 0 aliphatic heterocycles. The van der Waals surface area contributed by atoms with Crippen molar-refractivity contribution in [3.8, 4) is 0 Å². The molecule has 1 fully saturated rings. The van der Waals surface area contributed by atoms with E-state index in [2.05, 4.69) is 5.32 Å². The second-order valence-corrected chi connectivity index (χ2v) is 8.11. The third-order valence-corrected chi connectivity index (χ3v) is 5.63. The van der Waals surface area contributed by atoms with Gasteiger partial charge in [0.25, 0.3) is 0 Å².